The first kappa shape index (κ1) is 14.0. The molecule has 4 heterocycles. The highest BCUT2D eigenvalue weighted by atomic mass is 32.2. The van der Waals surface area contributed by atoms with Crippen molar-refractivity contribution >= 4 is 28.3 Å². The highest BCUT2D eigenvalue weighted by Crippen LogP contribution is 2.38. The molecule has 0 aliphatic heterocycles. The maximum absolute atomic E-state index is 5.55. The highest BCUT2D eigenvalue weighted by Gasteiger charge is 2.19. The molecular formula is C16H13N5OS. The van der Waals surface area contributed by atoms with Gasteiger partial charge in [0, 0.05) is 24.2 Å². The van der Waals surface area contributed by atoms with Gasteiger partial charge in [0.05, 0.1) is 23.7 Å². The van der Waals surface area contributed by atoms with Crippen molar-refractivity contribution in [3.63, 3.8) is 0 Å². The van der Waals surface area contributed by atoms with Crippen molar-refractivity contribution in [1.29, 1.82) is 0 Å². The van der Waals surface area contributed by atoms with Crippen LogP contribution in [-0.4, -0.2) is 37.7 Å². The summed E-state index contributed by atoms with van der Waals surface area (Å²) in [6, 6.07) is 5.72. The molecule has 0 aliphatic rings. The van der Waals surface area contributed by atoms with Crippen molar-refractivity contribution in [2.75, 3.05) is 13.4 Å². The molecule has 114 valence electrons. The van der Waals surface area contributed by atoms with E-state index in [-0.39, 0.29) is 0 Å². The molecule has 0 spiro atoms. The summed E-state index contributed by atoms with van der Waals surface area (Å²) in [5, 5.41) is 1.65. The molecule has 0 atom stereocenters. The average molecular weight is 323 g/mol. The number of aromatic nitrogens is 5. The molecule has 4 rings (SSSR count). The summed E-state index contributed by atoms with van der Waals surface area (Å²) in [6.07, 6.45) is 8.98. The van der Waals surface area contributed by atoms with Crippen molar-refractivity contribution in [1.82, 2.24) is 24.3 Å². The van der Waals surface area contributed by atoms with E-state index in [1.165, 1.54) is 11.8 Å². The number of hydrogen-bond donors (Lipinski definition) is 0. The number of methoxy groups -OCH3 is 1. The fourth-order valence-electron chi connectivity index (χ4n) is 2.72. The molecule has 0 radical (unpaired) electrons. The molecule has 0 bridgehead atoms. The van der Waals surface area contributed by atoms with Crippen LogP contribution in [0.15, 0.2) is 48.3 Å². The summed E-state index contributed by atoms with van der Waals surface area (Å²) in [4.78, 5) is 17.6. The van der Waals surface area contributed by atoms with Gasteiger partial charge in [0.25, 0.3) is 0 Å². The number of thioether (sulfide) groups is 1. The third-order valence-electron chi connectivity index (χ3n) is 3.68. The smallest absolute Gasteiger partial charge is 0.187 e. The Morgan fingerprint density at radius 2 is 1.96 bits per heavy atom. The molecule has 4 aromatic rings. The predicted molar refractivity (Wildman–Crippen MR) is 89.9 cm³/mol. The van der Waals surface area contributed by atoms with Crippen LogP contribution in [0.4, 0.5) is 0 Å². The van der Waals surface area contributed by atoms with Gasteiger partial charge >= 0.3 is 0 Å². The zero-order valence-corrected chi connectivity index (χ0v) is 13.4. The zero-order valence-electron chi connectivity index (χ0n) is 12.6. The maximum atomic E-state index is 5.55. The van der Waals surface area contributed by atoms with Crippen LogP contribution in [-0.2, 0) is 0 Å². The van der Waals surface area contributed by atoms with Crippen molar-refractivity contribution in [2.24, 2.45) is 0 Å². The monoisotopic (exact) mass is 323 g/mol. The minimum Gasteiger partial charge on any atom is -0.496 e. The average Bonchev–Trinajstić information content (AvgIpc) is 2.96. The first-order valence-corrected chi connectivity index (χ1v) is 8.20. The van der Waals surface area contributed by atoms with Gasteiger partial charge in [0.2, 0.25) is 0 Å². The van der Waals surface area contributed by atoms with Gasteiger partial charge in [0.15, 0.2) is 5.16 Å². The number of pyridine rings is 1. The van der Waals surface area contributed by atoms with Gasteiger partial charge in [-0.05, 0) is 24.5 Å². The van der Waals surface area contributed by atoms with Crippen LogP contribution >= 0.6 is 11.8 Å². The summed E-state index contributed by atoms with van der Waals surface area (Å²) < 4.78 is 7.51. The Bertz CT molecular complexity index is 1010. The number of hydrogen-bond acceptors (Lipinski definition) is 6. The largest absolute Gasteiger partial charge is 0.496 e. The molecule has 4 aromatic heterocycles. The molecule has 7 heteroatoms. The second kappa shape index (κ2) is 5.51. The summed E-state index contributed by atoms with van der Waals surface area (Å²) in [5.74, 6) is 0.762. The van der Waals surface area contributed by atoms with Crippen LogP contribution in [0, 0.1) is 0 Å². The van der Waals surface area contributed by atoms with E-state index >= 15 is 0 Å². The molecule has 0 saturated carbocycles. The Morgan fingerprint density at radius 1 is 1.09 bits per heavy atom. The van der Waals surface area contributed by atoms with Crippen molar-refractivity contribution in [3.05, 3.63) is 43.1 Å². The molecule has 0 unspecified atom stereocenters. The quantitative estimate of drug-likeness (QED) is 0.426. The SMILES string of the molecule is COc1ccnc2c1c(-c1ccnc(SC)n1)c1ccncn12. The normalized spacial score (nSPS) is 11.2. The molecule has 0 aromatic carbocycles. The minimum absolute atomic E-state index is 0.729. The van der Waals surface area contributed by atoms with Crippen LogP contribution < -0.4 is 4.74 Å². The van der Waals surface area contributed by atoms with E-state index in [1.54, 1.807) is 32.0 Å². The summed E-state index contributed by atoms with van der Waals surface area (Å²) in [7, 11) is 1.66. The van der Waals surface area contributed by atoms with Gasteiger partial charge in [-0.3, -0.25) is 4.40 Å². The van der Waals surface area contributed by atoms with E-state index < -0.39 is 0 Å². The van der Waals surface area contributed by atoms with Crippen LogP contribution in [0.1, 0.15) is 0 Å². The summed E-state index contributed by atoms with van der Waals surface area (Å²) in [5.41, 5.74) is 3.60. The lowest BCUT2D eigenvalue weighted by Crippen LogP contribution is -1.90. The lowest BCUT2D eigenvalue weighted by molar-refractivity contribution is 0.419. The maximum Gasteiger partial charge on any atom is 0.187 e. The fourth-order valence-corrected chi connectivity index (χ4v) is 3.08. The molecule has 0 N–H and O–H groups in total. The van der Waals surface area contributed by atoms with Crippen LogP contribution in [0.25, 0.3) is 27.8 Å². The number of rotatable bonds is 3. The lowest BCUT2D eigenvalue weighted by atomic mass is 10.1. The third-order valence-corrected chi connectivity index (χ3v) is 4.24. The fraction of sp³-hybridized carbons (Fsp3) is 0.125. The van der Waals surface area contributed by atoms with Crippen LogP contribution in [0.3, 0.4) is 0 Å². The molecule has 0 saturated heterocycles. The van der Waals surface area contributed by atoms with Crippen LogP contribution in [0.5, 0.6) is 5.75 Å². The van der Waals surface area contributed by atoms with Crippen molar-refractivity contribution in [2.45, 2.75) is 5.16 Å². The second-order valence-corrected chi connectivity index (χ2v) is 5.62. The molecule has 0 fully saturated rings. The first-order valence-electron chi connectivity index (χ1n) is 6.97. The second-order valence-electron chi connectivity index (χ2n) is 4.85. The van der Waals surface area contributed by atoms with E-state index in [0.717, 1.165) is 38.7 Å². The van der Waals surface area contributed by atoms with Crippen molar-refractivity contribution in [3.8, 4) is 17.0 Å². The number of fused-ring (bicyclic) bond motifs is 3. The standard InChI is InChI=1S/C16H13N5OS/c1-22-12-5-8-18-15-14(12)13(11-4-6-17-9-21(11)15)10-3-7-19-16(20-10)23-2/h3-9H,1-2H3. The Kier molecular flexibility index (Phi) is 3.34. The molecule has 23 heavy (non-hydrogen) atoms. The first-order chi connectivity index (χ1) is 11.3. The zero-order chi connectivity index (χ0) is 15.8. The van der Waals surface area contributed by atoms with Crippen molar-refractivity contribution < 1.29 is 4.74 Å². The van der Waals surface area contributed by atoms with E-state index in [9.17, 15) is 0 Å². The Hall–Kier alpha value is -2.67. The molecule has 6 nitrogen and oxygen atoms in total. The minimum atomic E-state index is 0.729. The van der Waals surface area contributed by atoms with Gasteiger partial charge in [-0.1, -0.05) is 11.8 Å². The highest BCUT2D eigenvalue weighted by molar-refractivity contribution is 7.98. The Balaban J connectivity index is 2.18. The predicted octanol–water partition coefficient (Wildman–Crippen LogP) is 3.07. The van der Waals surface area contributed by atoms with E-state index in [0.29, 0.717) is 0 Å². The van der Waals surface area contributed by atoms with Gasteiger partial charge < -0.3 is 4.74 Å². The Labute approximate surface area is 136 Å². The Morgan fingerprint density at radius 3 is 2.78 bits per heavy atom. The van der Waals surface area contributed by atoms with Crippen LogP contribution in [0.2, 0.25) is 0 Å². The lowest BCUT2D eigenvalue weighted by Gasteiger charge is -2.05. The van der Waals surface area contributed by atoms with Gasteiger partial charge in [-0.25, -0.2) is 19.9 Å². The van der Waals surface area contributed by atoms with E-state index in [1.807, 2.05) is 28.9 Å². The molecule has 0 amide bonds. The van der Waals surface area contributed by atoms with Gasteiger partial charge in [-0.15, -0.1) is 0 Å². The number of nitrogens with zero attached hydrogens (tertiary/aromatic N) is 5. The molecular weight excluding hydrogens is 310 g/mol. The summed E-state index contributed by atoms with van der Waals surface area (Å²) in [6.45, 7) is 0. The topological polar surface area (TPSA) is 65.2 Å². The van der Waals surface area contributed by atoms with E-state index in [2.05, 4.69) is 19.9 Å². The summed E-state index contributed by atoms with van der Waals surface area (Å²) >= 11 is 1.51. The number of ether oxygens (including phenoxy) is 1. The van der Waals surface area contributed by atoms with Gasteiger partial charge in [-0.2, -0.15) is 0 Å². The molecule has 0 aliphatic carbocycles. The van der Waals surface area contributed by atoms with E-state index in [4.69, 9.17) is 4.74 Å². The third kappa shape index (κ3) is 2.12. The van der Waals surface area contributed by atoms with Gasteiger partial charge in [0.1, 0.15) is 17.7 Å².